The molecule has 4 nitrogen and oxygen atoms in total. The third-order valence-electron chi connectivity index (χ3n) is 5.01. The lowest BCUT2D eigenvalue weighted by atomic mass is 9.91. The van der Waals surface area contributed by atoms with E-state index >= 15 is 0 Å². The van der Waals surface area contributed by atoms with Crippen LogP contribution in [0.3, 0.4) is 0 Å². The molecule has 2 aliphatic rings. The number of carbonyl (C=O) groups excluding carboxylic acids is 1. The smallest absolute Gasteiger partial charge is 0.242 e. The zero-order valence-electron chi connectivity index (χ0n) is 13.3. The summed E-state index contributed by atoms with van der Waals surface area (Å²) in [6.45, 7) is 1.82. The van der Waals surface area contributed by atoms with Crippen molar-refractivity contribution in [2.45, 2.75) is 63.8 Å². The Morgan fingerprint density at radius 1 is 1.18 bits per heavy atom. The molecule has 3 rings (SSSR count). The molecule has 1 aromatic heterocycles. The number of aromatic nitrogens is 1. The minimum absolute atomic E-state index is 0.0142. The van der Waals surface area contributed by atoms with Crippen LogP contribution in [0.2, 0.25) is 0 Å². The van der Waals surface area contributed by atoms with Crippen molar-refractivity contribution in [1.82, 2.24) is 10.3 Å². The fraction of sp³-hybridized carbons (Fsp3) is 0.765. The molecule has 1 saturated heterocycles. The van der Waals surface area contributed by atoms with E-state index in [1.54, 1.807) is 11.3 Å². The molecule has 0 radical (unpaired) electrons. The zero-order valence-corrected chi connectivity index (χ0v) is 14.1. The Kier molecular flexibility index (Phi) is 5.70. The molecule has 22 heavy (non-hydrogen) atoms. The van der Waals surface area contributed by atoms with Gasteiger partial charge in [0.05, 0.1) is 0 Å². The molecule has 1 amide bonds. The monoisotopic (exact) mass is 321 g/mol. The molecule has 2 fully saturated rings. The Labute approximate surface area is 137 Å². The van der Waals surface area contributed by atoms with Crippen LogP contribution >= 0.6 is 11.3 Å². The van der Waals surface area contributed by atoms with Crippen LogP contribution in [0.1, 0.15) is 57.8 Å². The second kappa shape index (κ2) is 7.95. The molecule has 1 saturated carbocycles. The molecule has 122 valence electrons. The molecule has 1 aliphatic heterocycles. The quantitative estimate of drug-likeness (QED) is 0.922. The summed E-state index contributed by atoms with van der Waals surface area (Å²) in [6.07, 6.45) is 13.2. The van der Waals surface area contributed by atoms with E-state index in [0.717, 1.165) is 31.1 Å². The van der Waals surface area contributed by atoms with E-state index in [1.165, 1.54) is 44.9 Å². The zero-order chi connectivity index (χ0) is 15.2. The van der Waals surface area contributed by atoms with Gasteiger partial charge in [-0.1, -0.05) is 32.1 Å². The van der Waals surface area contributed by atoms with Crippen molar-refractivity contribution in [1.29, 1.82) is 0 Å². The normalized spacial score (nSPS) is 24.0. The molecule has 1 unspecified atom stereocenters. The van der Waals surface area contributed by atoms with Crippen LogP contribution in [0.5, 0.6) is 0 Å². The number of amides is 1. The SMILES string of the molecule is O=C(NCC1CCCCCCC1)C1CCCN1c1nccs1. The predicted octanol–water partition coefficient (Wildman–Crippen LogP) is 3.59. The molecule has 0 aromatic carbocycles. The minimum atomic E-state index is -0.0142. The van der Waals surface area contributed by atoms with E-state index < -0.39 is 0 Å². The maximum atomic E-state index is 12.6. The van der Waals surface area contributed by atoms with Crippen molar-refractivity contribution in [3.05, 3.63) is 11.6 Å². The first kappa shape index (κ1) is 15.8. The van der Waals surface area contributed by atoms with Crippen LogP contribution < -0.4 is 10.2 Å². The van der Waals surface area contributed by atoms with E-state index in [1.807, 2.05) is 11.6 Å². The van der Waals surface area contributed by atoms with Gasteiger partial charge in [-0.2, -0.15) is 0 Å². The molecule has 2 heterocycles. The highest BCUT2D eigenvalue weighted by atomic mass is 32.1. The summed E-state index contributed by atoms with van der Waals surface area (Å²) in [5.74, 6) is 0.883. The molecule has 1 aliphatic carbocycles. The number of anilines is 1. The third-order valence-corrected chi connectivity index (χ3v) is 5.82. The van der Waals surface area contributed by atoms with Gasteiger partial charge in [-0.15, -0.1) is 11.3 Å². The largest absolute Gasteiger partial charge is 0.354 e. The lowest BCUT2D eigenvalue weighted by Gasteiger charge is -2.25. The van der Waals surface area contributed by atoms with Gasteiger partial charge in [-0.25, -0.2) is 4.98 Å². The van der Waals surface area contributed by atoms with Gasteiger partial charge < -0.3 is 10.2 Å². The molecule has 0 bridgehead atoms. The highest BCUT2D eigenvalue weighted by Crippen LogP contribution is 2.27. The van der Waals surface area contributed by atoms with E-state index in [2.05, 4.69) is 15.2 Å². The van der Waals surface area contributed by atoms with Crippen molar-refractivity contribution in [3.8, 4) is 0 Å². The van der Waals surface area contributed by atoms with E-state index in [0.29, 0.717) is 5.92 Å². The summed E-state index contributed by atoms with van der Waals surface area (Å²) >= 11 is 1.63. The fourth-order valence-electron chi connectivity index (χ4n) is 3.73. The first-order valence-electron chi connectivity index (χ1n) is 8.78. The lowest BCUT2D eigenvalue weighted by Crippen LogP contribution is -2.44. The molecule has 1 N–H and O–H groups in total. The third kappa shape index (κ3) is 4.00. The maximum absolute atomic E-state index is 12.6. The molecular weight excluding hydrogens is 294 g/mol. The number of rotatable bonds is 4. The molecule has 5 heteroatoms. The topological polar surface area (TPSA) is 45.2 Å². The second-order valence-corrected chi connectivity index (χ2v) is 7.50. The summed E-state index contributed by atoms with van der Waals surface area (Å²) in [4.78, 5) is 19.1. The Bertz CT molecular complexity index is 454. The molecule has 0 spiro atoms. The van der Waals surface area contributed by atoms with Gasteiger partial charge in [-0.3, -0.25) is 4.79 Å². The minimum Gasteiger partial charge on any atom is -0.354 e. The summed E-state index contributed by atoms with van der Waals surface area (Å²) in [5.41, 5.74) is 0. The Morgan fingerprint density at radius 3 is 2.68 bits per heavy atom. The Hall–Kier alpha value is -1.10. The van der Waals surface area contributed by atoms with Crippen molar-refractivity contribution >= 4 is 22.4 Å². The highest BCUT2D eigenvalue weighted by molar-refractivity contribution is 7.13. The summed E-state index contributed by atoms with van der Waals surface area (Å²) in [7, 11) is 0. The molecule has 1 atom stereocenters. The standard InChI is InChI=1S/C17H27N3OS/c21-16(19-13-14-7-4-2-1-3-5-8-14)15-9-6-11-20(15)17-18-10-12-22-17/h10,12,14-15H,1-9,11,13H2,(H,19,21). The number of hydrogen-bond acceptors (Lipinski definition) is 4. The number of carbonyl (C=O) groups is 1. The molecule has 1 aromatic rings. The highest BCUT2D eigenvalue weighted by Gasteiger charge is 2.32. The number of thiazole rings is 1. The van der Waals surface area contributed by atoms with Gasteiger partial charge in [0.25, 0.3) is 0 Å². The summed E-state index contributed by atoms with van der Waals surface area (Å²) in [6, 6.07) is -0.0142. The summed E-state index contributed by atoms with van der Waals surface area (Å²) in [5, 5.41) is 6.20. The number of nitrogens with one attached hydrogen (secondary N) is 1. The van der Waals surface area contributed by atoms with Crippen molar-refractivity contribution in [2.24, 2.45) is 5.92 Å². The number of nitrogens with zero attached hydrogens (tertiary/aromatic N) is 2. The van der Waals surface area contributed by atoms with Crippen molar-refractivity contribution in [2.75, 3.05) is 18.0 Å². The van der Waals surface area contributed by atoms with Crippen LogP contribution in [-0.4, -0.2) is 30.0 Å². The average molecular weight is 321 g/mol. The van der Waals surface area contributed by atoms with Gasteiger partial charge in [0.1, 0.15) is 6.04 Å². The maximum Gasteiger partial charge on any atom is 0.242 e. The van der Waals surface area contributed by atoms with Gasteiger partial charge >= 0.3 is 0 Å². The van der Waals surface area contributed by atoms with Crippen molar-refractivity contribution in [3.63, 3.8) is 0 Å². The van der Waals surface area contributed by atoms with Crippen LogP contribution in [-0.2, 0) is 4.79 Å². The van der Waals surface area contributed by atoms with E-state index in [9.17, 15) is 4.79 Å². The van der Waals surface area contributed by atoms with Gasteiger partial charge in [0.2, 0.25) is 5.91 Å². The first-order chi connectivity index (χ1) is 10.8. The second-order valence-electron chi connectivity index (χ2n) is 6.62. The van der Waals surface area contributed by atoms with Crippen LogP contribution in [0.25, 0.3) is 0 Å². The van der Waals surface area contributed by atoms with Gasteiger partial charge in [0.15, 0.2) is 5.13 Å². The summed E-state index contributed by atoms with van der Waals surface area (Å²) < 4.78 is 0. The van der Waals surface area contributed by atoms with Crippen molar-refractivity contribution < 1.29 is 4.79 Å². The predicted molar refractivity (Wildman–Crippen MR) is 91.3 cm³/mol. The van der Waals surface area contributed by atoms with Gasteiger partial charge in [0, 0.05) is 24.7 Å². The Balaban J connectivity index is 1.50. The van der Waals surface area contributed by atoms with Crippen LogP contribution in [0.15, 0.2) is 11.6 Å². The average Bonchev–Trinajstić information content (AvgIpc) is 3.16. The van der Waals surface area contributed by atoms with Gasteiger partial charge in [-0.05, 0) is 31.6 Å². The Morgan fingerprint density at radius 2 is 1.95 bits per heavy atom. The van der Waals surface area contributed by atoms with E-state index in [-0.39, 0.29) is 11.9 Å². The lowest BCUT2D eigenvalue weighted by molar-refractivity contribution is -0.122. The fourth-order valence-corrected chi connectivity index (χ4v) is 4.45. The number of hydrogen-bond donors (Lipinski definition) is 1. The van der Waals surface area contributed by atoms with E-state index in [4.69, 9.17) is 0 Å². The van der Waals surface area contributed by atoms with Crippen LogP contribution in [0, 0.1) is 5.92 Å². The first-order valence-corrected chi connectivity index (χ1v) is 9.66. The van der Waals surface area contributed by atoms with Crippen LogP contribution in [0.4, 0.5) is 5.13 Å². The molecular formula is C17H27N3OS.